The molecule has 1 heterocycles. The molecule has 8 heteroatoms. The summed E-state index contributed by atoms with van der Waals surface area (Å²) in [6.45, 7) is 0.974. The average Bonchev–Trinajstić information content (AvgIpc) is 2.97. The van der Waals surface area contributed by atoms with E-state index in [1.165, 1.54) is 24.0 Å². The molecule has 0 bridgehead atoms. The number of nitrogens with one attached hydrogen (secondary N) is 1. The van der Waals surface area contributed by atoms with Crippen molar-refractivity contribution in [2.45, 2.75) is 6.42 Å². The largest absolute Gasteiger partial charge is 0.398 e. The lowest BCUT2D eigenvalue weighted by Gasteiger charge is -2.10. The highest BCUT2D eigenvalue weighted by Crippen LogP contribution is 2.15. The molecule has 1 aromatic carbocycles. The van der Waals surface area contributed by atoms with Gasteiger partial charge in [-0.25, -0.2) is 4.98 Å². The summed E-state index contributed by atoms with van der Waals surface area (Å²) >= 11 is 1.24. The smallest absolute Gasteiger partial charge is 0.280 e. The molecule has 0 radical (unpaired) electrons. The van der Waals surface area contributed by atoms with Crippen molar-refractivity contribution in [3.8, 4) is 0 Å². The maximum atomic E-state index is 12.4. The first-order chi connectivity index (χ1) is 11.5. The van der Waals surface area contributed by atoms with Gasteiger partial charge in [0.25, 0.3) is 5.91 Å². The highest BCUT2D eigenvalue weighted by atomic mass is 32.1. The molecule has 0 aliphatic carbocycles. The monoisotopic (exact) mass is 347 g/mol. The molecule has 2 aromatic rings. The zero-order valence-corrected chi connectivity index (χ0v) is 14.8. The van der Waals surface area contributed by atoms with Crippen LogP contribution in [0.5, 0.6) is 0 Å². The third-order valence-corrected chi connectivity index (χ3v) is 3.90. The van der Waals surface area contributed by atoms with Gasteiger partial charge in [0.1, 0.15) is 12.8 Å². The van der Waals surface area contributed by atoms with E-state index in [9.17, 15) is 4.79 Å². The van der Waals surface area contributed by atoms with E-state index >= 15 is 0 Å². The molecule has 0 saturated heterocycles. The van der Waals surface area contributed by atoms with Crippen LogP contribution in [0.4, 0.5) is 10.8 Å². The number of nitrogens with two attached hydrogens (primary N) is 1. The SMILES string of the molecule is CO/N=C(/C(=O)Nc1ccc(CCN(C)C)cc1)c1csc(N)n1. The second kappa shape index (κ2) is 8.42. The van der Waals surface area contributed by atoms with Crippen LogP contribution in [0.3, 0.4) is 0 Å². The van der Waals surface area contributed by atoms with Gasteiger partial charge in [-0.15, -0.1) is 11.3 Å². The number of hydrogen-bond donors (Lipinski definition) is 2. The maximum Gasteiger partial charge on any atom is 0.280 e. The summed E-state index contributed by atoms with van der Waals surface area (Å²) in [4.78, 5) is 23.3. The molecule has 24 heavy (non-hydrogen) atoms. The van der Waals surface area contributed by atoms with Crippen molar-refractivity contribution in [1.29, 1.82) is 0 Å². The number of nitrogen functional groups attached to an aromatic ring is 1. The summed E-state index contributed by atoms with van der Waals surface area (Å²) in [6.07, 6.45) is 0.954. The van der Waals surface area contributed by atoms with Gasteiger partial charge >= 0.3 is 0 Å². The first kappa shape index (κ1) is 17.9. The number of oxime groups is 1. The van der Waals surface area contributed by atoms with Crippen molar-refractivity contribution in [2.75, 3.05) is 38.8 Å². The minimum Gasteiger partial charge on any atom is -0.398 e. The Labute approximate surface area is 145 Å². The molecule has 0 unspecified atom stereocenters. The Bertz CT molecular complexity index is 710. The van der Waals surface area contributed by atoms with Crippen LogP contribution in [0, 0.1) is 0 Å². The molecule has 1 aromatic heterocycles. The van der Waals surface area contributed by atoms with E-state index in [0.717, 1.165) is 13.0 Å². The summed E-state index contributed by atoms with van der Waals surface area (Å²) in [5, 5.41) is 8.58. The molecular formula is C16H21N5O2S. The van der Waals surface area contributed by atoms with E-state index in [1.54, 1.807) is 5.38 Å². The first-order valence-electron chi connectivity index (χ1n) is 7.37. The fourth-order valence-corrected chi connectivity index (χ4v) is 2.54. The number of benzene rings is 1. The highest BCUT2D eigenvalue weighted by Gasteiger charge is 2.18. The van der Waals surface area contributed by atoms with Crippen LogP contribution in [-0.2, 0) is 16.1 Å². The molecule has 2 rings (SSSR count). The topological polar surface area (TPSA) is 92.8 Å². The van der Waals surface area contributed by atoms with Crippen molar-refractivity contribution in [2.24, 2.45) is 5.16 Å². The van der Waals surface area contributed by atoms with E-state index in [1.807, 2.05) is 38.4 Å². The van der Waals surface area contributed by atoms with Crippen LogP contribution in [0.15, 0.2) is 34.8 Å². The number of rotatable bonds is 7. The van der Waals surface area contributed by atoms with Gasteiger partial charge in [0.15, 0.2) is 10.8 Å². The van der Waals surface area contributed by atoms with Crippen molar-refractivity contribution in [3.63, 3.8) is 0 Å². The molecule has 128 valence electrons. The van der Waals surface area contributed by atoms with E-state index in [-0.39, 0.29) is 5.71 Å². The first-order valence-corrected chi connectivity index (χ1v) is 8.25. The maximum absolute atomic E-state index is 12.4. The lowest BCUT2D eigenvalue weighted by Crippen LogP contribution is -2.24. The van der Waals surface area contributed by atoms with Gasteiger partial charge in [0, 0.05) is 17.6 Å². The molecule has 0 aliphatic rings. The van der Waals surface area contributed by atoms with E-state index < -0.39 is 5.91 Å². The number of aromatic nitrogens is 1. The third kappa shape index (κ3) is 5.04. The Kier molecular flexibility index (Phi) is 6.28. The molecule has 0 atom stereocenters. The van der Waals surface area contributed by atoms with Gasteiger partial charge in [-0.1, -0.05) is 17.3 Å². The molecule has 3 N–H and O–H groups in total. The number of carbonyl (C=O) groups is 1. The van der Waals surface area contributed by atoms with Crippen LogP contribution in [0.25, 0.3) is 0 Å². The second-order valence-electron chi connectivity index (χ2n) is 5.40. The van der Waals surface area contributed by atoms with Gasteiger partial charge in [-0.2, -0.15) is 0 Å². The minimum absolute atomic E-state index is 0.0853. The lowest BCUT2D eigenvalue weighted by atomic mass is 10.1. The van der Waals surface area contributed by atoms with Gasteiger partial charge < -0.3 is 20.8 Å². The zero-order chi connectivity index (χ0) is 17.5. The Morgan fingerprint density at radius 3 is 2.62 bits per heavy atom. The number of thiazole rings is 1. The molecule has 0 fully saturated rings. The number of nitrogens with zero attached hydrogens (tertiary/aromatic N) is 3. The summed E-state index contributed by atoms with van der Waals surface area (Å²) in [6, 6.07) is 7.71. The normalized spacial score (nSPS) is 11.6. The number of likely N-dealkylation sites (N-methyl/N-ethyl adjacent to an activating group) is 1. The minimum atomic E-state index is -0.400. The van der Waals surface area contributed by atoms with Crippen LogP contribution >= 0.6 is 11.3 Å². The van der Waals surface area contributed by atoms with Crippen molar-refractivity contribution in [1.82, 2.24) is 9.88 Å². The number of carbonyl (C=O) groups excluding carboxylic acids is 1. The van der Waals surface area contributed by atoms with Crippen LogP contribution < -0.4 is 11.1 Å². The highest BCUT2D eigenvalue weighted by molar-refractivity contribution is 7.13. The Hall–Kier alpha value is -2.45. The molecule has 0 aliphatic heterocycles. The Balaban J connectivity index is 2.05. The Morgan fingerprint density at radius 2 is 2.08 bits per heavy atom. The predicted molar refractivity (Wildman–Crippen MR) is 97.4 cm³/mol. The quantitative estimate of drug-likeness (QED) is 0.589. The van der Waals surface area contributed by atoms with Crippen molar-refractivity contribution in [3.05, 3.63) is 40.9 Å². The van der Waals surface area contributed by atoms with Crippen molar-refractivity contribution >= 4 is 33.8 Å². The van der Waals surface area contributed by atoms with Crippen LogP contribution in [0.1, 0.15) is 11.3 Å². The summed E-state index contributed by atoms with van der Waals surface area (Å²) in [7, 11) is 5.45. The number of anilines is 2. The van der Waals surface area contributed by atoms with Crippen LogP contribution in [-0.4, -0.2) is 49.3 Å². The summed E-state index contributed by atoms with van der Waals surface area (Å²) in [5.41, 5.74) is 7.97. The summed E-state index contributed by atoms with van der Waals surface area (Å²) < 4.78 is 0. The molecule has 0 spiro atoms. The number of hydrogen-bond acceptors (Lipinski definition) is 7. The van der Waals surface area contributed by atoms with Gasteiger partial charge in [0.05, 0.1) is 0 Å². The summed E-state index contributed by atoms with van der Waals surface area (Å²) in [5.74, 6) is -0.400. The molecule has 7 nitrogen and oxygen atoms in total. The van der Waals surface area contributed by atoms with E-state index in [0.29, 0.717) is 16.5 Å². The molecule has 0 saturated carbocycles. The molecule has 1 amide bonds. The number of amides is 1. The van der Waals surface area contributed by atoms with Gasteiger partial charge in [-0.3, -0.25) is 4.79 Å². The standard InChI is InChI=1S/C16H21N5O2S/c1-21(2)9-8-11-4-6-12(7-5-11)18-15(22)14(20-23-3)13-10-24-16(17)19-13/h4-7,10H,8-9H2,1-3H3,(H2,17,19)(H,18,22)/b20-14+. The van der Waals surface area contributed by atoms with E-state index in [4.69, 9.17) is 10.6 Å². The Morgan fingerprint density at radius 1 is 1.38 bits per heavy atom. The second-order valence-corrected chi connectivity index (χ2v) is 6.29. The lowest BCUT2D eigenvalue weighted by molar-refractivity contribution is -0.110. The fourth-order valence-electron chi connectivity index (χ4n) is 1.99. The van der Waals surface area contributed by atoms with Gasteiger partial charge in [-0.05, 0) is 38.2 Å². The molecular weight excluding hydrogens is 326 g/mol. The average molecular weight is 347 g/mol. The zero-order valence-electron chi connectivity index (χ0n) is 13.9. The van der Waals surface area contributed by atoms with E-state index in [2.05, 4.69) is 20.4 Å². The fraction of sp³-hybridized carbons (Fsp3) is 0.312. The van der Waals surface area contributed by atoms with Gasteiger partial charge in [0.2, 0.25) is 0 Å². The predicted octanol–water partition coefficient (Wildman–Crippen LogP) is 1.82. The third-order valence-electron chi connectivity index (χ3n) is 3.22. The van der Waals surface area contributed by atoms with Crippen molar-refractivity contribution < 1.29 is 9.63 Å². The van der Waals surface area contributed by atoms with Crippen LogP contribution in [0.2, 0.25) is 0 Å².